The van der Waals surface area contributed by atoms with Gasteiger partial charge in [0.15, 0.2) is 5.96 Å². The molecule has 0 atom stereocenters. The highest BCUT2D eigenvalue weighted by Gasteiger charge is 2.19. The van der Waals surface area contributed by atoms with E-state index in [1.165, 1.54) is 58.3 Å². The summed E-state index contributed by atoms with van der Waals surface area (Å²) in [5, 5.41) is 7.09. The number of halogens is 1. The van der Waals surface area contributed by atoms with Gasteiger partial charge in [0.25, 0.3) is 0 Å². The van der Waals surface area contributed by atoms with E-state index >= 15 is 0 Å². The Hall–Kier alpha value is -0.0800. The molecule has 0 aromatic carbocycles. The van der Waals surface area contributed by atoms with Crippen molar-refractivity contribution in [2.45, 2.75) is 45.1 Å². The topological polar surface area (TPSA) is 42.9 Å². The van der Waals surface area contributed by atoms with Crippen LogP contribution in [0.1, 0.15) is 39.0 Å². The minimum absolute atomic E-state index is 0. The molecule has 0 bridgehead atoms. The number of guanidine groups is 1. The molecular weight excluding hydrogens is 401 g/mol. The Bertz CT molecular complexity index is 342. The molecule has 0 spiro atoms. The van der Waals surface area contributed by atoms with Crippen LogP contribution in [0, 0.1) is 5.92 Å². The van der Waals surface area contributed by atoms with Crippen molar-refractivity contribution in [2.75, 3.05) is 53.4 Å². The summed E-state index contributed by atoms with van der Waals surface area (Å²) in [6, 6.07) is 0.606. The summed E-state index contributed by atoms with van der Waals surface area (Å²) in [7, 11) is 4.10. The molecule has 5 nitrogen and oxygen atoms in total. The Balaban J connectivity index is 0.00000264. The number of aliphatic imine (C=N–C) groups is 1. The third-order valence-electron chi connectivity index (χ3n) is 5.11. The summed E-state index contributed by atoms with van der Waals surface area (Å²) in [4.78, 5) is 9.37. The predicted molar refractivity (Wildman–Crippen MR) is 110 cm³/mol. The largest absolute Gasteiger partial charge is 0.355 e. The summed E-state index contributed by atoms with van der Waals surface area (Å²) in [5.41, 5.74) is 0. The van der Waals surface area contributed by atoms with Crippen LogP contribution in [0.5, 0.6) is 0 Å². The normalized spacial score (nSPS) is 27.9. The minimum Gasteiger partial charge on any atom is -0.355 e. The van der Waals surface area contributed by atoms with E-state index in [2.05, 4.69) is 39.4 Å². The van der Waals surface area contributed by atoms with Crippen molar-refractivity contribution in [1.82, 2.24) is 20.4 Å². The highest BCUT2D eigenvalue weighted by Crippen LogP contribution is 2.23. The van der Waals surface area contributed by atoms with Crippen molar-refractivity contribution in [3.8, 4) is 0 Å². The van der Waals surface area contributed by atoms with Crippen LogP contribution in [0.3, 0.4) is 0 Å². The van der Waals surface area contributed by atoms with Gasteiger partial charge in [-0.1, -0.05) is 6.92 Å². The molecule has 0 radical (unpaired) electrons. The molecule has 1 saturated heterocycles. The lowest BCUT2D eigenvalue weighted by molar-refractivity contribution is 0.279. The second kappa shape index (κ2) is 11.5. The maximum atomic E-state index is 4.38. The van der Waals surface area contributed by atoms with Crippen LogP contribution < -0.4 is 10.6 Å². The highest BCUT2D eigenvalue weighted by atomic mass is 127. The van der Waals surface area contributed by atoms with E-state index in [1.807, 2.05) is 7.05 Å². The Kier molecular flexibility index (Phi) is 10.5. The molecule has 1 aliphatic heterocycles. The third-order valence-corrected chi connectivity index (χ3v) is 5.11. The Morgan fingerprint density at radius 1 is 1.09 bits per heavy atom. The summed E-state index contributed by atoms with van der Waals surface area (Å²) in [5.74, 6) is 1.88. The van der Waals surface area contributed by atoms with Gasteiger partial charge in [0.2, 0.25) is 0 Å². The second-order valence-electron chi connectivity index (χ2n) is 7.10. The van der Waals surface area contributed by atoms with E-state index in [0.29, 0.717) is 6.04 Å². The van der Waals surface area contributed by atoms with Gasteiger partial charge in [0.1, 0.15) is 0 Å². The fourth-order valence-corrected chi connectivity index (χ4v) is 3.45. The zero-order chi connectivity index (χ0) is 15.8. The standard InChI is InChI=1S/C17H35N5.HI/c1-15-5-7-16(8-6-15)20-17(18-2)19-9-12-22-11-4-10-21(3)13-14-22;/h15-16H,4-14H2,1-3H3,(H2,18,19,20);1H. The van der Waals surface area contributed by atoms with Crippen molar-refractivity contribution in [1.29, 1.82) is 0 Å². The van der Waals surface area contributed by atoms with Crippen LogP contribution in [0.2, 0.25) is 0 Å². The molecule has 1 heterocycles. The zero-order valence-corrected chi connectivity index (χ0v) is 17.5. The SMILES string of the molecule is CN=C(NCCN1CCCN(C)CC1)NC1CCC(C)CC1.I. The van der Waals surface area contributed by atoms with E-state index in [9.17, 15) is 0 Å². The molecule has 6 heteroatoms. The van der Waals surface area contributed by atoms with E-state index in [1.54, 1.807) is 0 Å². The fourth-order valence-electron chi connectivity index (χ4n) is 3.45. The molecular formula is C17H36IN5. The first kappa shape index (κ1) is 21.0. The average molecular weight is 437 g/mol. The number of nitrogens with one attached hydrogen (secondary N) is 2. The summed E-state index contributed by atoms with van der Waals surface area (Å²) in [6.07, 6.45) is 6.52. The molecule has 0 amide bonds. The van der Waals surface area contributed by atoms with Gasteiger partial charge < -0.3 is 20.4 Å². The second-order valence-corrected chi connectivity index (χ2v) is 7.10. The van der Waals surface area contributed by atoms with Crippen LogP contribution in [0.15, 0.2) is 4.99 Å². The van der Waals surface area contributed by atoms with Gasteiger partial charge in [-0.25, -0.2) is 0 Å². The van der Waals surface area contributed by atoms with Crippen molar-refractivity contribution >= 4 is 29.9 Å². The maximum absolute atomic E-state index is 4.38. The van der Waals surface area contributed by atoms with E-state index in [-0.39, 0.29) is 24.0 Å². The van der Waals surface area contributed by atoms with Gasteiger partial charge >= 0.3 is 0 Å². The summed E-state index contributed by atoms with van der Waals surface area (Å²) in [6.45, 7) is 9.27. The smallest absolute Gasteiger partial charge is 0.191 e. The lowest BCUT2D eigenvalue weighted by atomic mass is 9.87. The molecule has 2 fully saturated rings. The Morgan fingerprint density at radius 3 is 2.52 bits per heavy atom. The summed E-state index contributed by atoms with van der Waals surface area (Å²) < 4.78 is 0. The fraction of sp³-hybridized carbons (Fsp3) is 0.941. The van der Waals surface area contributed by atoms with E-state index in [0.717, 1.165) is 25.0 Å². The molecule has 2 rings (SSSR count). The Labute approximate surface area is 159 Å². The first-order chi connectivity index (χ1) is 10.7. The zero-order valence-electron chi connectivity index (χ0n) is 15.2. The number of hydrogen-bond donors (Lipinski definition) is 2. The lowest BCUT2D eigenvalue weighted by Crippen LogP contribution is -2.47. The summed E-state index contributed by atoms with van der Waals surface area (Å²) >= 11 is 0. The van der Waals surface area contributed by atoms with Crippen LogP contribution in [-0.4, -0.2) is 75.2 Å². The first-order valence-corrected chi connectivity index (χ1v) is 9.05. The minimum atomic E-state index is 0. The number of hydrogen-bond acceptors (Lipinski definition) is 3. The van der Waals surface area contributed by atoms with Crippen molar-refractivity contribution < 1.29 is 0 Å². The van der Waals surface area contributed by atoms with Gasteiger partial charge in [-0.2, -0.15) is 0 Å². The predicted octanol–water partition coefficient (Wildman–Crippen LogP) is 1.99. The molecule has 0 aromatic heterocycles. The molecule has 1 aliphatic carbocycles. The first-order valence-electron chi connectivity index (χ1n) is 9.05. The average Bonchev–Trinajstić information content (AvgIpc) is 2.73. The van der Waals surface area contributed by atoms with Crippen molar-refractivity contribution in [3.05, 3.63) is 0 Å². The van der Waals surface area contributed by atoms with Gasteiger partial charge in [-0.3, -0.25) is 4.99 Å². The van der Waals surface area contributed by atoms with Crippen molar-refractivity contribution in [2.24, 2.45) is 10.9 Å². The van der Waals surface area contributed by atoms with Crippen molar-refractivity contribution in [3.63, 3.8) is 0 Å². The lowest BCUT2D eigenvalue weighted by Gasteiger charge is -2.28. The molecule has 0 unspecified atom stereocenters. The third kappa shape index (κ3) is 8.03. The molecule has 23 heavy (non-hydrogen) atoms. The van der Waals surface area contributed by atoms with Gasteiger partial charge in [0.05, 0.1) is 0 Å². The van der Waals surface area contributed by atoms with Crippen LogP contribution >= 0.6 is 24.0 Å². The molecule has 0 aromatic rings. The number of rotatable bonds is 4. The van der Waals surface area contributed by atoms with E-state index in [4.69, 9.17) is 0 Å². The maximum Gasteiger partial charge on any atom is 0.191 e. The van der Waals surface area contributed by atoms with Gasteiger partial charge in [-0.05, 0) is 58.2 Å². The van der Waals surface area contributed by atoms with Crippen LogP contribution in [0.25, 0.3) is 0 Å². The van der Waals surface area contributed by atoms with Crippen LogP contribution in [-0.2, 0) is 0 Å². The number of nitrogens with zero attached hydrogens (tertiary/aromatic N) is 3. The highest BCUT2D eigenvalue weighted by molar-refractivity contribution is 14.0. The monoisotopic (exact) mass is 437 g/mol. The number of likely N-dealkylation sites (N-methyl/N-ethyl adjacent to an activating group) is 1. The molecule has 136 valence electrons. The molecule has 1 saturated carbocycles. The van der Waals surface area contributed by atoms with E-state index < -0.39 is 0 Å². The van der Waals surface area contributed by atoms with Gasteiger partial charge in [-0.15, -0.1) is 24.0 Å². The Morgan fingerprint density at radius 2 is 1.83 bits per heavy atom. The molecule has 2 aliphatic rings. The van der Waals surface area contributed by atoms with Gasteiger partial charge in [0, 0.05) is 39.3 Å². The van der Waals surface area contributed by atoms with Crippen LogP contribution in [0.4, 0.5) is 0 Å². The quantitative estimate of drug-likeness (QED) is 0.401. The molecule has 2 N–H and O–H groups in total.